The Hall–Kier alpha value is -5.63. The first-order valence-electron chi connectivity index (χ1n) is 14.8. The van der Waals surface area contributed by atoms with Crippen LogP contribution in [0.3, 0.4) is 0 Å². The number of carbonyl (C=O) groups is 1. The number of fused-ring (bicyclic) bond motifs is 1. The number of rotatable bonds is 9. The molecule has 1 amide bonds. The third-order valence-corrected chi connectivity index (χ3v) is 9.03. The second-order valence-electron chi connectivity index (χ2n) is 10.8. The summed E-state index contributed by atoms with van der Waals surface area (Å²) < 4.78 is 19.0. The smallest absolute Gasteiger partial charge is 0.271 e. The van der Waals surface area contributed by atoms with Crippen molar-refractivity contribution in [1.82, 2.24) is 4.57 Å². The van der Waals surface area contributed by atoms with Gasteiger partial charge in [0.05, 0.1) is 52.7 Å². The molecule has 0 saturated heterocycles. The summed E-state index contributed by atoms with van der Waals surface area (Å²) in [5.41, 5.74) is 3.64. The minimum absolute atomic E-state index is 0.113. The van der Waals surface area contributed by atoms with E-state index in [1.54, 1.807) is 67.1 Å². The lowest BCUT2D eigenvalue weighted by molar-refractivity contribution is -0.113. The van der Waals surface area contributed by atoms with Crippen LogP contribution in [0.4, 0.5) is 5.69 Å². The number of amides is 1. The van der Waals surface area contributed by atoms with Crippen LogP contribution in [-0.2, 0) is 11.4 Å². The number of hydrogen-bond acceptors (Lipinski definition) is 8. The number of nitrogens with zero attached hydrogens (tertiary/aromatic N) is 3. The molecule has 0 saturated carbocycles. The summed E-state index contributed by atoms with van der Waals surface area (Å²) in [6.45, 7) is 1.88. The highest BCUT2D eigenvalue weighted by Gasteiger charge is 2.33. The first-order chi connectivity index (χ1) is 23.3. The van der Waals surface area contributed by atoms with Gasteiger partial charge in [0.25, 0.3) is 11.5 Å². The fourth-order valence-electron chi connectivity index (χ4n) is 5.48. The third-order valence-electron chi connectivity index (χ3n) is 7.77. The number of carbonyl (C=O) groups excluding carboxylic acids is 1. The van der Waals surface area contributed by atoms with Gasteiger partial charge in [0.15, 0.2) is 16.3 Å². The third kappa shape index (κ3) is 6.47. The van der Waals surface area contributed by atoms with E-state index in [0.717, 1.165) is 0 Å². The monoisotopic (exact) mass is 676 g/mol. The average molecular weight is 677 g/mol. The maximum atomic E-state index is 14.2. The molecule has 11 heteroatoms. The van der Waals surface area contributed by atoms with Gasteiger partial charge in [0, 0.05) is 11.3 Å². The molecule has 48 heavy (non-hydrogen) atoms. The van der Waals surface area contributed by atoms with E-state index >= 15 is 0 Å². The number of anilines is 1. The standard InChI is InChI=1S/C37H29ClN4O5S/c1-22-32(35(43)41-27-13-5-4-6-14-27)33(24-12-9-15-28(19-24)45-2)42-36(44)31(48-37(42)40-22)18-23-16-29(38)34(30(17-23)46-3)47-21-26-11-8-7-10-25(26)20-39/h4-19,33H,21H2,1-3H3,(H,41,43)/b31-18-/t33-/m1/s1. The summed E-state index contributed by atoms with van der Waals surface area (Å²) >= 11 is 7.89. The van der Waals surface area contributed by atoms with Gasteiger partial charge in [-0.3, -0.25) is 14.2 Å². The Balaban J connectivity index is 1.41. The van der Waals surface area contributed by atoms with Crippen LogP contribution in [0.25, 0.3) is 6.08 Å². The average Bonchev–Trinajstić information content (AvgIpc) is 3.40. The zero-order valence-corrected chi connectivity index (χ0v) is 27.8. The maximum Gasteiger partial charge on any atom is 0.271 e. The van der Waals surface area contributed by atoms with E-state index in [4.69, 9.17) is 30.8 Å². The lowest BCUT2D eigenvalue weighted by atomic mass is 9.95. The molecular weight excluding hydrogens is 648 g/mol. The number of methoxy groups -OCH3 is 2. The molecule has 1 aliphatic heterocycles. The van der Waals surface area contributed by atoms with E-state index in [1.165, 1.54) is 18.4 Å². The Kier molecular flexibility index (Phi) is 9.43. The highest BCUT2D eigenvalue weighted by Crippen LogP contribution is 2.37. The van der Waals surface area contributed by atoms with E-state index in [0.29, 0.717) is 65.8 Å². The molecule has 4 aromatic carbocycles. The quantitative estimate of drug-likeness (QED) is 0.205. The molecule has 1 N–H and O–H groups in total. The Morgan fingerprint density at radius 1 is 1.04 bits per heavy atom. The number of para-hydroxylation sites is 1. The van der Waals surface area contributed by atoms with Gasteiger partial charge >= 0.3 is 0 Å². The number of benzene rings is 4. The van der Waals surface area contributed by atoms with E-state index in [-0.39, 0.29) is 23.1 Å². The number of aromatic nitrogens is 1. The second-order valence-corrected chi connectivity index (χ2v) is 12.2. The zero-order valence-electron chi connectivity index (χ0n) is 26.2. The van der Waals surface area contributed by atoms with Crippen LogP contribution in [0.1, 0.15) is 35.2 Å². The molecule has 0 radical (unpaired) electrons. The predicted molar refractivity (Wildman–Crippen MR) is 185 cm³/mol. The number of halogens is 1. The van der Waals surface area contributed by atoms with Gasteiger partial charge in [-0.15, -0.1) is 0 Å². The molecular formula is C37H29ClN4O5S. The Morgan fingerprint density at radius 2 is 1.81 bits per heavy atom. The van der Waals surface area contributed by atoms with Crippen molar-refractivity contribution in [2.45, 2.75) is 19.6 Å². The number of hydrogen-bond donors (Lipinski definition) is 1. The molecule has 0 bridgehead atoms. The SMILES string of the molecule is COc1cccc([C@@H]2C(C(=O)Nc3ccccc3)=C(C)N=c3s/c(=C\c4cc(Cl)c(OCc5ccccc5C#N)c(OC)c4)c(=O)n32)c1. The lowest BCUT2D eigenvalue weighted by Gasteiger charge is -2.25. The summed E-state index contributed by atoms with van der Waals surface area (Å²) in [4.78, 5) is 33.2. The van der Waals surface area contributed by atoms with Crippen molar-refractivity contribution in [3.8, 4) is 23.3 Å². The molecule has 240 valence electrons. The first-order valence-corrected chi connectivity index (χ1v) is 16.0. The summed E-state index contributed by atoms with van der Waals surface area (Å²) in [5.74, 6) is 0.899. The predicted octanol–water partition coefficient (Wildman–Crippen LogP) is 6.00. The summed E-state index contributed by atoms with van der Waals surface area (Å²) in [7, 11) is 3.06. The van der Waals surface area contributed by atoms with Gasteiger partial charge in [-0.2, -0.15) is 5.26 Å². The van der Waals surface area contributed by atoms with Crippen molar-refractivity contribution in [3.63, 3.8) is 0 Å². The molecule has 0 unspecified atom stereocenters. The molecule has 6 rings (SSSR count). The number of ether oxygens (including phenoxy) is 3. The number of allylic oxidation sites excluding steroid dienone is 1. The van der Waals surface area contributed by atoms with E-state index in [2.05, 4.69) is 11.4 Å². The number of nitrogens with one attached hydrogen (secondary N) is 1. The van der Waals surface area contributed by atoms with Gasteiger partial charge in [0.1, 0.15) is 12.4 Å². The van der Waals surface area contributed by atoms with E-state index in [1.807, 2.05) is 48.5 Å². The second kappa shape index (κ2) is 14.0. The van der Waals surface area contributed by atoms with Crippen molar-refractivity contribution in [3.05, 3.63) is 149 Å². The maximum absolute atomic E-state index is 14.2. The molecule has 9 nitrogen and oxygen atoms in total. The molecule has 0 fully saturated rings. The van der Waals surface area contributed by atoms with Crippen LogP contribution < -0.4 is 34.4 Å². The van der Waals surface area contributed by atoms with Crippen LogP contribution in [0.15, 0.2) is 112 Å². The summed E-state index contributed by atoms with van der Waals surface area (Å²) in [5, 5.41) is 12.7. The topological polar surface area (TPSA) is 115 Å². The van der Waals surface area contributed by atoms with Gasteiger partial charge in [0.2, 0.25) is 0 Å². The van der Waals surface area contributed by atoms with Crippen LogP contribution in [0, 0.1) is 11.3 Å². The lowest BCUT2D eigenvalue weighted by Crippen LogP contribution is -2.40. The largest absolute Gasteiger partial charge is 0.497 e. The molecule has 5 aromatic rings. The summed E-state index contributed by atoms with van der Waals surface area (Å²) in [6.07, 6.45) is 1.71. The molecule has 1 aromatic heterocycles. The molecule has 1 atom stereocenters. The van der Waals surface area contributed by atoms with Gasteiger partial charge < -0.3 is 19.5 Å². The minimum atomic E-state index is -0.771. The van der Waals surface area contributed by atoms with Crippen molar-refractivity contribution >= 4 is 40.6 Å². The molecule has 0 aliphatic carbocycles. The van der Waals surface area contributed by atoms with Crippen LogP contribution in [0.2, 0.25) is 5.02 Å². The van der Waals surface area contributed by atoms with Gasteiger partial charge in [-0.05, 0) is 66.6 Å². The van der Waals surface area contributed by atoms with Crippen LogP contribution in [0.5, 0.6) is 17.2 Å². The van der Waals surface area contributed by atoms with Gasteiger partial charge in [-0.25, -0.2) is 4.99 Å². The van der Waals surface area contributed by atoms with Crippen molar-refractivity contribution in [2.75, 3.05) is 19.5 Å². The Morgan fingerprint density at radius 3 is 2.56 bits per heavy atom. The number of thiazole rings is 1. The first kappa shape index (κ1) is 32.3. The normalized spacial score (nSPS) is 14.1. The highest BCUT2D eigenvalue weighted by molar-refractivity contribution is 7.07. The molecule has 0 spiro atoms. The van der Waals surface area contributed by atoms with Crippen molar-refractivity contribution in [1.29, 1.82) is 5.26 Å². The van der Waals surface area contributed by atoms with E-state index < -0.39 is 6.04 Å². The van der Waals surface area contributed by atoms with Crippen LogP contribution in [-0.4, -0.2) is 24.7 Å². The fraction of sp³-hybridized carbons (Fsp3) is 0.135. The summed E-state index contributed by atoms with van der Waals surface area (Å²) in [6, 6.07) is 28.4. The molecule has 1 aliphatic rings. The van der Waals surface area contributed by atoms with Gasteiger partial charge in [-0.1, -0.05) is 71.5 Å². The Bertz CT molecular complexity index is 2290. The number of nitriles is 1. The highest BCUT2D eigenvalue weighted by atomic mass is 35.5. The zero-order chi connectivity index (χ0) is 33.8. The van der Waals surface area contributed by atoms with Crippen molar-refractivity contribution in [2.24, 2.45) is 4.99 Å². The van der Waals surface area contributed by atoms with Crippen LogP contribution >= 0.6 is 22.9 Å². The van der Waals surface area contributed by atoms with E-state index in [9.17, 15) is 14.9 Å². The van der Waals surface area contributed by atoms with Crippen molar-refractivity contribution < 1.29 is 19.0 Å². The minimum Gasteiger partial charge on any atom is -0.497 e. The fourth-order valence-corrected chi connectivity index (χ4v) is 6.80. The molecule has 2 heterocycles. The Labute approximate surface area is 285 Å².